The molecule has 2 aromatic carbocycles. The fraction of sp³-hybridized carbons (Fsp3) is 0.0714. The summed E-state index contributed by atoms with van der Waals surface area (Å²) in [5.41, 5.74) is -1.57. The lowest BCUT2D eigenvalue weighted by atomic mass is 10.1. The van der Waals surface area contributed by atoms with E-state index in [1.807, 2.05) is 22.6 Å². The zero-order chi connectivity index (χ0) is 15.6. The Morgan fingerprint density at radius 3 is 2.33 bits per heavy atom. The van der Waals surface area contributed by atoms with Crippen molar-refractivity contribution in [3.8, 4) is 11.5 Å². The molecule has 0 amide bonds. The van der Waals surface area contributed by atoms with Gasteiger partial charge in [0.15, 0.2) is 0 Å². The lowest BCUT2D eigenvalue weighted by Crippen LogP contribution is -2.09. The van der Waals surface area contributed by atoms with Crippen LogP contribution >= 0.6 is 22.6 Å². The number of alkyl halides is 3. The molecule has 0 saturated carbocycles. The molecule has 1 N–H and O–H groups in total. The fourth-order valence-electron chi connectivity index (χ4n) is 1.62. The predicted molar refractivity (Wildman–Crippen MR) is 77.6 cm³/mol. The molecule has 0 aliphatic heterocycles. The molecule has 110 valence electrons. The Balaban J connectivity index is 2.48. The van der Waals surface area contributed by atoms with E-state index in [1.54, 1.807) is 18.2 Å². The summed E-state index contributed by atoms with van der Waals surface area (Å²) in [5, 5.41) is 8.79. The van der Waals surface area contributed by atoms with Crippen molar-refractivity contribution in [1.82, 2.24) is 0 Å². The number of benzene rings is 2. The van der Waals surface area contributed by atoms with E-state index in [4.69, 9.17) is 9.84 Å². The molecule has 0 fully saturated rings. The lowest BCUT2D eigenvalue weighted by Gasteiger charge is -2.15. The third-order valence-corrected chi connectivity index (χ3v) is 3.48. The topological polar surface area (TPSA) is 46.5 Å². The summed E-state index contributed by atoms with van der Waals surface area (Å²) in [6, 6.07) is 9.23. The second kappa shape index (κ2) is 5.92. The van der Waals surface area contributed by atoms with Crippen molar-refractivity contribution in [1.29, 1.82) is 0 Å². The summed E-state index contributed by atoms with van der Waals surface area (Å²) in [6.45, 7) is 0. The van der Waals surface area contributed by atoms with E-state index < -0.39 is 29.0 Å². The molecular formula is C14H8F3IO3. The van der Waals surface area contributed by atoms with Gasteiger partial charge in [0, 0.05) is 0 Å². The minimum atomic E-state index is -4.71. The average Bonchev–Trinajstić information content (AvgIpc) is 2.40. The lowest BCUT2D eigenvalue weighted by molar-refractivity contribution is -0.138. The van der Waals surface area contributed by atoms with Crippen LogP contribution in [0.4, 0.5) is 13.2 Å². The molecule has 3 nitrogen and oxygen atoms in total. The van der Waals surface area contributed by atoms with Crippen LogP contribution in [0.2, 0.25) is 0 Å². The summed E-state index contributed by atoms with van der Waals surface area (Å²) < 4.78 is 45.0. The molecule has 7 heteroatoms. The second-order valence-electron chi connectivity index (χ2n) is 4.05. The molecule has 0 bridgehead atoms. The number of ether oxygens (including phenoxy) is 1. The van der Waals surface area contributed by atoms with Crippen molar-refractivity contribution in [3.05, 3.63) is 57.2 Å². The zero-order valence-corrected chi connectivity index (χ0v) is 12.5. The van der Waals surface area contributed by atoms with Gasteiger partial charge in [-0.25, -0.2) is 4.79 Å². The van der Waals surface area contributed by atoms with Gasteiger partial charge in [-0.2, -0.15) is 13.2 Å². The largest absolute Gasteiger partial charge is 0.478 e. The Morgan fingerprint density at radius 1 is 1.10 bits per heavy atom. The van der Waals surface area contributed by atoms with E-state index >= 15 is 0 Å². The van der Waals surface area contributed by atoms with Crippen LogP contribution in [0.1, 0.15) is 15.9 Å². The Kier molecular flexibility index (Phi) is 4.40. The van der Waals surface area contributed by atoms with Gasteiger partial charge in [0.25, 0.3) is 0 Å². The van der Waals surface area contributed by atoms with E-state index in [0.717, 1.165) is 12.1 Å². The number of halogens is 4. The van der Waals surface area contributed by atoms with Gasteiger partial charge in [-0.15, -0.1) is 0 Å². The molecule has 0 aromatic heterocycles. The Bertz CT molecular complexity index is 683. The fourth-order valence-corrected chi connectivity index (χ4v) is 2.12. The monoisotopic (exact) mass is 408 g/mol. The number of carboxylic acids is 1. The van der Waals surface area contributed by atoms with E-state index in [1.165, 1.54) is 6.07 Å². The quantitative estimate of drug-likeness (QED) is 0.743. The maximum atomic E-state index is 13.0. The molecule has 0 atom stereocenters. The summed E-state index contributed by atoms with van der Waals surface area (Å²) in [7, 11) is 0. The van der Waals surface area contributed by atoms with E-state index in [9.17, 15) is 18.0 Å². The first-order valence-electron chi connectivity index (χ1n) is 5.66. The first-order chi connectivity index (χ1) is 9.79. The van der Waals surface area contributed by atoms with Gasteiger partial charge in [0.05, 0.1) is 14.7 Å². The van der Waals surface area contributed by atoms with Crippen LogP contribution in [-0.2, 0) is 6.18 Å². The molecule has 21 heavy (non-hydrogen) atoms. The van der Waals surface area contributed by atoms with Crippen LogP contribution in [0.15, 0.2) is 42.5 Å². The minimum absolute atomic E-state index is 0.270. The first-order valence-corrected chi connectivity index (χ1v) is 6.74. The van der Waals surface area contributed by atoms with Gasteiger partial charge in [-0.1, -0.05) is 12.1 Å². The summed E-state index contributed by atoms with van der Waals surface area (Å²) in [4.78, 5) is 10.8. The number of carboxylic acid groups (broad SMARTS) is 1. The maximum absolute atomic E-state index is 13.0. The van der Waals surface area contributed by atoms with Gasteiger partial charge in [-0.05, 0) is 52.9 Å². The highest BCUT2D eigenvalue weighted by atomic mass is 127. The maximum Gasteiger partial charge on any atom is 0.420 e. The highest BCUT2D eigenvalue weighted by Gasteiger charge is 2.35. The highest BCUT2D eigenvalue weighted by Crippen LogP contribution is 2.39. The van der Waals surface area contributed by atoms with Gasteiger partial charge in [0.2, 0.25) is 0 Å². The van der Waals surface area contributed by atoms with Crippen molar-refractivity contribution < 1.29 is 27.8 Å². The van der Waals surface area contributed by atoms with Crippen LogP contribution in [0.5, 0.6) is 11.5 Å². The summed E-state index contributed by atoms with van der Waals surface area (Å²) in [6.07, 6.45) is -4.71. The van der Waals surface area contributed by atoms with Gasteiger partial charge < -0.3 is 9.84 Å². The summed E-state index contributed by atoms with van der Waals surface area (Å²) in [5.74, 6) is -1.59. The molecular weight excluding hydrogens is 400 g/mol. The standard InChI is InChI=1S/C14H8F3IO3/c15-14(16,17)9-7-8(13(19)20)5-6-11(9)21-12-4-2-1-3-10(12)18/h1-7H,(H,19,20). The third-order valence-electron chi connectivity index (χ3n) is 2.59. The second-order valence-corrected chi connectivity index (χ2v) is 5.21. The molecule has 0 saturated heterocycles. The van der Waals surface area contributed by atoms with Crippen molar-refractivity contribution in [2.75, 3.05) is 0 Å². The Labute approximate surface area is 131 Å². The SMILES string of the molecule is O=C(O)c1ccc(Oc2ccccc2I)c(C(F)(F)F)c1. The molecule has 2 aromatic rings. The average molecular weight is 408 g/mol. The van der Waals surface area contributed by atoms with Gasteiger partial charge in [-0.3, -0.25) is 0 Å². The number of hydrogen-bond acceptors (Lipinski definition) is 2. The van der Waals surface area contributed by atoms with Crippen molar-refractivity contribution >= 4 is 28.6 Å². The van der Waals surface area contributed by atoms with Crippen LogP contribution < -0.4 is 4.74 Å². The first kappa shape index (κ1) is 15.6. The van der Waals surface area contributed by atoms with E-state index in [2.05, 4.69) is 0 Å². The van der Waals surface area contributed by atoms with Crippen molar-refractivity contribution in [2.24, 2.45) is 0 Å². The normalized spacial score (nSPS) is 11.2. The van der Waals surface area contributed by atoms with Crippen LogP contribution in [-0.4, -0.2) is 11.1 Å². The molecule has 0 radical (unpaired) electrons. The smallest absolute Gasteiger partial charge is 0.420 e. The number of aromatic carboxylic acids is 1. The summed E-state index contributed by atoms with van der Waals surface area (Å²) >= 11 is 1.94. The molecule has 0 unspecified atom stereocenters. The Morgan fingerprint density at radius 2 is 1.76 bits per heavy atom. The Hall–Kier alpha value is -1.77. The number of rotatable bonds is 3. The van der Waals surface area contributed by atoms with Crippen LogP contribution in [0.25, 0.3) is 0 Å². The molecule has 2 rings (SSSR count). The number of hydrogen-bond donors (Lipinski definition) is 1. The predicted octanol–water partition coefficient (Wildman–Crippen LogP) is 4.80. The van der Waals surface area contributed by atoms with Crippen molar-refractivity contribution in [2.45, 2.75) is 6.18 Å². The third kappa shape index (κ3) is 3.66. The van der Waals surface area contributed by atoms with Crippen LogP contribution in [0, 0.1) is 3.57 Å². The number of carbonyl (C=O) groups is 1. The van der Waals surface area contributed by atoms with E-state index in [-0.39, 0.29) is 5.75 Å². The molecule has 0 spiro atoms. The van der Waals surface area contributed by atoms with Crippen LogP contribution in [0.3, 0.4) is 0 Å². The van der Waals surface area contributed by atoms with Gasteiger partial charge in [0.1, 0.15) is 11.5 Å². The molecule has 0 heterocycles. The highest BCUT2D eigenvalue weighted by molar-refractivity contribution is 14.1. The molecule has 0 aliphatic carbocycles. The van der Waals surface area contributed by atoms with Crippen molar-refractivity contribution in [3.63, 3.8) is 0 Å². The zero-order valence-electron chi connectivity index (χ0n) is 10.3. The molecule has 0 aliphatic rings. The minimum Gasteiger partial charge on any atom is -0.478 e. The van der Waals surface area contributed by atoms with E-state index in [0.29, 0.717) is 9.64 Å². The number of para-hydroxylation sites is 1. The van der Waals surface area contributed by atoms with Gasteiger partial charge >= 0.3 is 12.1 Å².